The summed E-state index contributed by atoms with van der Waals surface area (Å²) in [5.74, 6) is 0.530. The number of methoxy groups -OCH3 is 1. The average Bonchev–Trinajstić information content (AvgIpc) is 2.05. The SMILES string of the molecule is CCOC(=S)SCOCCOC. The highest BCUT2D eigenvalue weighted by atomic mass is 32.2. The third-order valence-electron chi connectivity index (χ3n) is 0.954. The van der Waals surface area contributed by atoms with Gasteiger partial charge in [-0.05, 0) is 30.9 Å². The molecule has 0 unspecified atom stereocenters. The van der Waals surface area contributed by atoms with Crippen molar-refractivity contribution in [3.05, 3.63) is 0 Å². The van der Waals surface area contributed by atoms with Gasteiger partial charge in [-0.15, -0.1) is 0 Å². The Morgan fingerprint density at radius 2 is 2.17 bits per heavy atom. The van der Waals surface area contributed by atoms with E-state index in [1.807, 2.05) is 6.92 Å². The van der Waals surface area contributed by atoms with Crippen molar-refractivity contribution in [1.82, 2.24) is 0 Å². The zero-order valence-corrected chi connectivity index (χ0v) is 9.00. The molecule has 5 heteroatoms. The first-order chi connectivity index (χ1) is 5.81. The third-order valence-corrected chi connectivity index (χ3v) is 2.06. The van der Waals surface area contributed by atoms with Gasteiger partial charge in [0.05, 0.1) is 19.8 Å². The second kappa shape index (κ2) is 9.25. The molecule has 0 aliphatic rings. The lowest BCUT2D eigenvalue weighted by Crippen LogP contribution is -2.03. The van der Waals surface area contributed by atoms with Gasteiger partial charge in [0.25, 0.3) is 0 Å². The number of rotatable bonds is 6. The summed E-state index contributed by atoms with van der Waals surface area (Å²) in [5.41, 5.74) is 0. The lowest BCUT2D eigenvalue weighted by atomic mass is 10.8. The Morgan fingerprint density at radius 3 is 2.75 bits per heavy atom. The monoisotopic (exact) mass is 210 g/mol. The smallest absolute Gasteiger partial charge is 0.222 e. The normalized spacial score (nSPS) is 9.83. The molecule has 72 valence electrons. The van der Waals surface area contributed by atoms with E-state index in [9.17, 15) is 0 Å². The molecule has 3 nitrogen and oxygen atoms in total. The molecule has 0 amide bonds. The zero-order valence-electron chi connectivity index (χ0n) is 7.37. The summed E-state index contributed by atoms with van der Waals surface area (Å²) in [5, 5.41) is 0. The van der Waals surface area contributed by atoms with Gasteiger partial charge in [-0.2, -0.15) is 0 Å². The van der Waals surface area contributed by atoms with Gasteiger partial charge >= 0.3 is 0 Å². The summed E-state index contributed by atoms with van der Waals surface area (Å²) in [6.45, 7) is 3.72. The summed E-state index contributed by atoms with van der Waals surface area (Å²) in [6, 6.07) is 0. The van der Waals surface area contributed by atoms with Crippen molar-refractivity contribution in [3.8, 4) is 0 Å². The molecule has 0 saturated heterocycles. The molecule has 0 rings (SSSR count). The fraction of sp³-hybridized carbons (Fsp3) is 0.857. The van der Waals surface area contributed by atoms with Crippen LogP contribution in [-0.4, -0.2) is 37.3 Å². The molecule has 0 fully saturated rings. The summed E-state index contributed by atoms with van der Waals surface area (Å²) in [6.07, 6.45) is 0. The van der Waals surface area contributed by atoms with Gasteiger partial charge in [0, 0.05) is 7.11 Å². The first-order valence-electron chi connectivity index (χ1n) is 3.67. The standard InChI is InChI=1S/C7H14O3S2/c1-3-10-7(11)12-6-9-5-4-8-2/h3-6H2,1-2H3. The van der Waals surface area contributed by atoms with Crippen molar-refractivity contribution in [2.75, 3.05) is 32.9 Å². The van der Waals surface area contributed by atoms with Crippen LogP contribution in [0, 0.1) is 0 Å². The Hall–Kier alpha value is 0.160. The van der Waals surface area contributed by atoms with Crippen molar-refractivity contribution < 1.29 is 14.2 Å². The van der Waals surface area contributed by atoms with Crippen molar-refractivity contribution >= 4 is 28.4 Å². The first kappa shape index (κ1) is 12.2. The Kier molecular flexibility index (Phi) is 9.37. The van der Waals surface area contributed by atoms with Crippen LogP contribution in [0.1, 0.15) is 6.92 Å². The van der Waals surface area contributed by atoms with Crippen molar-refractivity contribution in [1.29, 1.82) is 0 Å². The molecule has 0 spiro atoms. The van der Waals surface area contributed by atoms with Gasteiger partial charge in [-0.25, -0.2) is 0 Å². The molecule has 0 atom stereocenters. The van der Waals surface area contributed by atoms with Crippen molar-refractivity contribution in [2.24, 2.45) is 0 Å². The number of hydrogen-bond donors (Lipinski definition) is 0. The van der Waals surface area contributed by atoms with E-state index in [0.717, 1.165) is 0 Å². The Bertz CT molecular complexity index is 119. The van der Waals surface area contributed by atoms with Crippen LogP contribution in [0.15, 0.2) is 0 Å². The predicted octanol–water partition coefficient (Wildman–Crippen LogP) is 1.66. The van der Waals surface area contributed by atoms with Gasteiger partial charge in [-0.1, -0.05) is 0 Å². The maximum absolute atomic E-state index is 5.16. The average molecular weight is 210 g/mol. The number of thiocarbonyl (C=S) groups is 1. The molecule has 0 aliphatic heterocycles. The minimum atomic E-state index is 0.530. The molecule has 0 aromatic rings. The van der Waals surface area contributed by atoms with E-state index in [1.54, 1.807) is 7.11 Å². The van der Waals surface area contributed by atoms with Gasteiger partial charge in [0.2, 0.25) is 4.38 Å². The molecular formula is C7H14O3S2. The Labute approximate surface area is 82.8 Å². The van der Waals surface area contributed by atoms with Gasteiger partial charge < -0.3 is 14.2 Å². The van der Waals surface area contributed by atoms with Crippen LogP contribution in [-0.2, 0) is 14.2 Å². The molecule has 0 saturated carbocycles. The lowest BCUT2D eigenvalue weighted by Gasteiger charge is -2.04. The summed E-state index contributed by atoms with van der Waals surface area (Å²) < 4.78 is 15.5. The molecule has 0 bridgehead atoms. The molecule has 0 heterocycles. The fourth-order valence-electron chi connectivity index (χ4n) is 0.450. The van der Waals surface area contributed by atoms with E-state index in [0.29, 0.717) is 30.1 Å². The topological polar surface area (TPSA) is 27.7 Å². The van der Waals surface area contributed by atoms with Crippen LogP contribution in [0.5, 0.6) is 0 Å². The predicted molar refractivity (Wildman–Crippen MR) is 54.5 cm³/mol. The molecule has 0 N–H and O–H groups in total. The lowest BCUT2D eigenvalue weighted by molar-refractivity contribution is 0.0955. The second-order valence-corrected chi connectivity index (χ2v) is 3.37. The maximum atomic E-state index is 5.16. The van der Waals surface area contributed by atoms with Crippen LogP contribution in [0.4, 0.5) is 0 Å². The van der Waals surface area contributed by atoms with Gasteiger partial charge in [0.1, 0.15) is 5.94 Å². The number of thioether (sulfide) groups is 1. The van der Waals surface area contributed by atoms with E-state index in [1.165, 1.54) is 11.8 Å². The highest BCUT2D eigenvalue weighted by Gasteiger charge is 1.96. The maximum Gasteiger partial charge on any atom is 0.222 e. The molecule has 0 radical (unpaired) electrons. The number of hydrogen-bond acceptors (Lipinski definition) is 5. The van der Waals surface area contributed by atoms with E-state index in [4.69, 9.17) is 26.4 Å². The highest BCUT2D eigenvalue weighted by Crippen LogP contribution is 2.05. The van der Waals surface area contributed by atoms with E-state index < -0.39 is 0 Å². The van der Waals surface area contributed by atoms with E-state index >= 15 is 0 Å². The van der Waals surface area contributed by atoms with E-state index in [2.05, 4.69) is 0 Å². The van der Waals surface area contributed by atoms with Gasteiger partial charge in [-0.3, -0.25) is 0 Å². The largest absolute Gasteiger partial charge is 0.479 e. The molecular weight excluding hydrogens is 196 g/mol. The minimum Gasteiger partial charge on any atom is -0.479 e. The second-order valence-electron chi connectivity index (χ2n) is 1.85. The summed E-state index contributed by atoms with van der Waals surface area (Å²) in [4.78, 5) is 0. The molecule has 0 aliphatic carbocycles. The quantitative estimate of drug-likeness (QED) is 0.378. The minimum absolute atomic E-state index is 0.530. The number of ether oxygens (including phenoxy) is 3. The van der Waals surface area contributed by atoms with E-state index in [-0.39, 0.29) is 0 Å². The van der Waals surface area contributed by atoms with Gasteiger partial charge in [0.15, 0.2) is 0 Å². The van der Waals surface area contributed by atoms with Crippen molar-refractivity contribution in [3.63, 3.8) is 0 Å². The van der Waals surface area contributed by atoms with Crippen molar-refractivity contribution in [2.45, 2.75) is 6.92 Å². The Morgan fingerprint density at radius 1 is 1.42 bits per heavy atom. The zero-order chi connectivity index (χ0) is 9.23. The fourth-order valence-corrected chi connectivity index (χ4v) is 1.21. The van der Waals surface area contributed by atoms with Crippen LogP contribution < -0.4 is 0 Å². The van der Waals surface area contributed by atoms with Crippen LogP contribution in [0.3, 0.4) is 0 Å². The summed E-state index contributed by atoms with van der Waals surface area (Å²) >= 11 is 6.24. The van der Waals surface area contributed by atoms with Crippen LogP contribution in [0.25, 0.3) is 0 Å². The molecule has 0 aromatic heterocycles. The molecule has 12 heavy (non-hydrogen) atoms. The van der Waals surface area contributed by atoms with Crippen LogP contribution in [0.2, 0.25) is 0 Å². The summed E-state index contributed by atoms with van der Waals surface area (Å²) in [7, 11) is 1.64. The first-order valence-corrected chi connectivity index (χ1v) is 5.06. The van der Waals surface area contributed by atoms with Crippen LogP contribution >= 0.6 is 24.0 Å². The molecule has 0 aromatic carbocycles. The Balaban J connectivity index is 3.03. The third kappa shape index (κ3) is 8.26. The highest BCUT2D eigenvalue weighted by molar-refractivity contribution is 8.22.